The van der Waals surface area contributed by atoms with E-state index < -0.39 is 16.0 Å². The molecule has 6 nitrogen and oxygen atoms in total. The topological polar surface area (TPSA) is 77.9 Å². The van der Waals surface area contributed by atoms with Crippen molar-refractivity contribution in [1.29, 1.82) is 0 Å². The highest BCUT2D eigenvalue weighted by atomic mass is 32.2. The highest BCUT2D eigenvalue weighted by Gasteiger charge is 2.31. The van der Waals surface area contributed by atoms with Crippen LogP contribution in [0.15, 0.2) is 59.5 Å². The fraction of sp³-hybridized carbons (Fsp3) is 0.235. The maximum absolute atomic E-state index is 12.8. The molecule has 1 fully saturated rings. The summed E-state index contributed by atoms with van der Waals surface area (Å²) in [6, 6.07) is 15.5. The van der Waals surface area contributed by atoms with E-state index in [2.05, 4.69) is 4.90 Å². The molecule has 0 bridgehead atoms. The van der Waals surface area contributed by atoms with Crippen LogP contribution < -0.4 is 4.90 Å². The van der Waals surface area contributed by atoms with Gasteiger partial charge in [-0.3, -0.25) is 0 Å². The summed E-state index contributed by atoms with van der Waals surface area (Å²) in [5.74, 6) is -1.24. The van der Waals surface area contributed by atoms with Crippen molar-refractivity contribution in [2.45, 2.75) is 4.90 Å². The number of hydrogen-bond donors (Lipinski definition) is 1. The molecule has 1 N–H and O–H groups in total. The number of aromatic carboxylic acids is 1. The summed E-state index contributed by atoms with van der Waals surface area (Å²) < 4.78 is 27.0. The average molecular weight is 346 g/mol. The summed E-state index contributed by atoms with van der Waals surface area (Å²) in [5.41, 5.74) is 0.864. The quantitative estimate of drug-likeness (QED) is 0.915. The van der Waals surface area contributed by atoms with Crippen molar-refractivity contribution in [2.24, 2.45) is 0 Å². The van der Waals surface area contributed by atoms with E-state index in [0.29, 0.717) is 26.2 Å². The van der Waals surface area contributed by atoms with Crippen molar-refractivity contribution in [3.05, 3.63) is 60.2 Å². The third-order valence-corrected chi connectivity index (χ3v) is 6.05. The molecule has 1 saturated heterocycles. The Morgan fingerprint density at radius 2 is 1.46 bits per heavy atom. The first-order valence-corrected chi connectivity index (χ1v) is 9.06. The Kier molecular flexibility index (Phi) is 4.55. The zero-order valence-corrected chi connectivity index (χ0v) is 13.8. The van der Waals surface area contributed by atoms with Crippen molar-refractivity contribution < 1.29 is 18.3 Å². The third kappa shape index (κ3) is 3.13. The molecule has 1 aliphatic heterocycles. The summed E-state index contributed by atoms with van der Waals surface area (Å²) in [4.78, 5) is 13.3. The monoisotopic (exact) mass is 346 g/mol. The average Bonchev–Trinajstić information content (AvgIpc) is 2.62. The summed E-state index contributed by atoms with van der Waals surface area (Å²) in [5, 5.41) is 9.23. The van der Waals surface area contributed by atoms with Gasteiger partial charge < -0.3 is 10.0 Å². The molecule has 1 heterocycles. The normalized spacial score (nSPS) is 16.1. The van der Waals surface area contributed by atoms with Crippen molar-refractivity contribution in [2.75, 3.05) is 31.1 Å². The van der Waals surface area contributed by atoms with Gasteiger partial charge in [0.1, 0.15) is 0 Å². The first kappa shape index (κ1) is 16.5. The Labute approximate surface area is 141 Å². The van der Waals surface area contributed by atoms with Gasteiger partial charge in [0.15, 0.2) is 0 Å². The maximum atomic E-state index is 12.8. The molecule has 2 aromatic carbocycles. The molecule has 126 valence electrons. The van der Waals surface area contributed by atoms with Crippen LogP contribution in [0.4, 0.5) is 5.69 Å². The van der Waals surface area contributed by atoms with Crippen LogP contribution in [0.2, 0.25) is 0 Å². The van der Waals surface area contributed by atoms with E-state index in [1.54, 1.807) is 6.07 Å². The fourth-order valence-electron chi connectivity index (χ4n) is 2.83. The molecule has 1 aliphatic rings. The fourth-order valence-corrected chi connectivity index (χ4v) is 4.44. The molecule has 24 heavy (non-hydrogen) atoms. The predicted molar refractivity (Wildman–Crippen MR) is 90.8 cm³/mol. The number of piperazine rings is 1. The molecule has 0 aliphatic carbocycles. The zero-order valence-electron chi connectivity index (χ0n) is 13.0. The lowest BCUT2D eigenvalue weighted by atomic mass is 10.2. The number of carbonyl (C=O) groups is 1. The Hall–Kier alpha value is -2.38. The molecule has 0 unspecified atom stereocenters. The Balaban J connectivity index is 1.80. The number of para-hydroxylation sites is 1. The lowest BCUT2D eigenvalue weighted by molar-refractivity contribution is 0.0692. The number of anilines is 1. The van der Waals surface area contributed by atoms with E-state index in [1.807, 2.05) is 30.3 Å². The number of rotatable bonds is 4. The van der Waals surface area contributed by atoms with Gasteiger partial charge >= 0.3 is 5.97 Å². The largest absolute Gasteiger partial charge is 0.478 e. The van der Waals surface area contributed by atoms with Crippen molar-refractivity contribution in [3.63, 3.8) is 0 Å². The third-order valence-electron chi connectivity index (χ3n) is 4.10. The van der Waals surface area contributed by atoms with Gasteiger partial charge in [-0.25, -0.2) is 13.2 Å². The van der Waals surface area contributed by atoms with E-state index in [-0.39, 0.29) is 10.5 Å². The lowest BCUT2D eigenvalue weighted by Gasteiger charge is -2.35. The van der Waals surface area contributed by atoms with Crippen LogP contribution in [0, 0.1) is 0 Å². The van der Waals surface area contributed by atoms with Gasteiger partial charge in [0.25, 0.3) is 0 Å². The first-order valence-electron chi connectivity index (χ1n) is 7.62. The molecule has 3 rings (SSSR count). The molecular formula is C17H18N2O4S. The van der Waals surface area contributed by atoms with Crippen molar-refractivity contribution in [1.82, 2.24) is 4.31 Å². The van der Waals surface area contributed by atoms with E-state index in [1.165, 1.54) is 22.5 Å². The number of benzene rings is 2. The van der Waals surface area contributed by atoms with Gasteiger partial charge in [0, 0.05) is 31.9 Å². The predicted octanol–water partition coefficient (Wildman–Crippen LogP) is 1.90. The van der Waals surface area contributed by atoms with Crippen LogP contribution in [0.5, 0.6) is 0 Å². The highest BCUT2D eigenvalue weighted by Crippen LogP contribution is 2.23. The van der Waals surface area contributed by atoms with E-state index in [0.717, 1.165) is 5.69 Å². The van der Waals surface area contributed by atoms with Gasteiger partial charge in [0.2, 0.25) is 10.0 Å². The van der Waals surface area contributed by atoms with Gasteiger partial charge in [-0.2, -0.15) is 4.31 Å². The highest BCUT2D eigenvalue weighted by molar-refractivity contribution is 7.89. The molecule has 7 heteroatoms. The second-order valence-electron chi connectivity index (χ2n) is 5.53. The molecular weight excluding hydrogens is 328 g/mol. The number of carboxylic acid groups (broad SMARTS) is 1. The molecule has 0 radical (unpaired) electrons. The zero-order chi connectivity index (χ0) is 17.2. The Bertz CT molecular complexity index is 829. The summed E-state index contributed by atoms with van der Waals surface area (Å²) in [6.07, 6.45) is 0. The van der Waals surface area contributed by atoms with Crippen molar-refractivity contribution >= 4 is 21.7 Å². The number of hydrogen-bond acceptors (Lipinski definition) is 4. The summed E-state index contributed by atoms with van der Waals surface area (Å²) >= 11 is 0. The minimum absolute atomic E-state index is 0.148. The molecule has 2 aromatic rings. The summed E-state index contributed by atoms with van der Waals surface area (Å²) in [7, 11) is -3.82. The number of nitrogens with zero attached hydrogens (tertiary/aromatic N) is 2. The molecule has 0 amide bonds. The summed E-state index contributed by atoms with van der Waals surface area (Å²) in [6.45, 7) is 1.79. The minimum Gasteiger partial charge on any atom is -0.478 e. The first-order chi connectivity index (χ1) is 11.5. The molecule has 0 spiro atoms. The molecule has 0 aromatic heterocycles. The van der Waals surface area contributed by atoms with E-state index in [4.69, 9.17) is 0 Å². The lowest BCUT2D eigenvalue weighted by Crippen LogP contribution is -2.48. The number of sulfonamides is 1. The Morgan fingerprint density at radius 3 is 2.08 bits per heavy atom. The second-order valence-corrected chi connectivity index (χ2v) is 7.43. The second kappa shape index (κ2) is 6.62. The SMILES string of the molecule is O=C(O)c1ccccc1S(=O)(=O)N1CCN(c2ccccc2)CC1. The number of carboxylic acids is 1. The van der Waals surface area contributed by atoms with Gasteiger partial charge in [-0.05, 0) is 24.3 Å². The van der Waals surface area contributed by atoms with E-state index in [9.17, 15) is 18.3 Å². The molecule has 0 atom stereocenters. The van der Waals surface area contributed by atoms with Crippen LogP contribution >= 0.6 is 0 Å². The van der Waals surface area contributed by atoms with Gasteiger partial charge in [-0.1, -0.05) is 30.3 Å². The van der Waals surface area contributed by atoms with Gasteiger partial charge in [0.05, 0.1) is 10.5 Å². The van der Waals surface area contributed by atoms with Crippen LogP contribution in [-0.4, -0.2) is 50.0 Å². The molecule has 0 saturated carbocycles. The smallest absolute Gasteiger partial charge is 0.337 e. The van der Waals surface area contributed by atoms with Crippen LogP contribution in [0.3, 0.4) is 0 Å². The Morgan fingerprint density at radius 1 is 0.875 bits per heavy atom. The van der Waals surface area contributed by atoms with Crippen LogP contribution in [-0.2, 0) is 10.0 Å². The van der Waals surface area contributed by atoms with E-state index >= 15 is 0 Å². The van der Waals surface area contributed by atoms with Crippen molar-refractivity contribution in [3.8, 4) is 0 Å². The van der Waals surface area contributed by atoms with Crippen LogP contribution in [0.25, 0.3) is 0 Å². The van der Waals surface area contributed by atoms with Crippen LogP contribution in [0.1, 0.15) is 10.4 Å². The maximum Gasteiger partial charge on any atom is 0.337 e. The standard InChI is InChI=1S/C17H18N2O4S/c20-17(21)15-8-4-5-9-16(15)24(22,23)19-12-10-18(11-13-19)14-6-2-1-3-7-14/h1-9H,10-13H2,(H,20,21). The minimum atomic E-state index is -3.82. The van der Waals surface area contributed by atoms with Gasteiger partial charge in [-0.15, -0.1) is 0 Å².